The minimum absolute atomic E-state index is 0.292. The summed E-state index contributed by atoms with van der Waals surface area (Å²) in [4.78, 5) is 14.3. The van der Waals surface area contributed by atoms with Crippen LogP contribution in [0.1, 0.15) is 36.8 Å². The number of benzene rings is 1. The molecule has 5 nitrogen and oxygen atoms in total. The van der Waals surface area contributed by atoms with Crippen LogP contribution in [-0.4, -0.2) is 34.2 Å². The predicted molar refractivity (Wildman–Crippen MR) is 100 cm³/mol. The first-order valence-corrected chi connectivity index (χ1v) is 9.77. The summed E-state index contributed by atoms with van der Waals surface area (Å²) in [6.45, 7) is 2.28. The van der Waals surface area contributed by atoms with Crippen molar-refractivity contribution in [1.82, 2.24) is 15.1 Å². The van der Waals surface area contributed by atoms with Crippen LogP contribution in [0.25, 0.3) is 0 Å². The molecule has 0 bridgehead atoms. The van der Waals surface area contributed by atoms with Gasteiger partial charge in [0.05, 0.1) is 6.20 Å². The molecule has 25 heavy (non-hydrogen) atoms. The number of fused-ring (bicyclic) bond motifs is 1. The molecule has 132 valence electrons. The molecular weight excluding hydrogens is 382 g/mol. The van der Waals surface area contributed by atoms with Crippen molar-refractivity contribution < 1.29 is 4.74 Å². The number of hydrogen-bond donors (Lipinski definition) is 1. The summed E-state index contributed by atoms with van der Waals surface area (Å²) in [7, 11) is 0. The van der Waals surface area contributed by atoms with Crippen LogP contribution in [0.5, 0.6) is 11.5 Å². The number of hydrogen-bond acceptors (Lipinski definition) is 4. The highest BCUT2D eigenvalue weighted by molar-refractivity contribution is 9.10. The van der Waals surface area contributed by atoms with Gasteiger partial charge in [0.1, 0.15) is 10.2 Å². The zero-order valence-corrected chi connectivity index (χ0v) is 15.7. The third-order valence-corrected chi connectivity index (χ3v) is 6.10. The van der Waals surface area contributed by atoms with Gasteiger partial charge in [0.15, 0.2) is 5.75 Å². The summed E-state index contributed by atoms with van der Waals surface area (Å²) in [5, 5.41) is 6.18. The number of rotatable bonds is 3. The van der Waals surface area contributed by atoms with Gasteiger partial charge in [0, 0.05) is 19.1 Å². The number of aromatic nitrogens is 2. The third-order valence-electron chi connectivity index (χ3n) is 5.35. The molecule has 4 rings (SSSR count). The van der Waals surface area contributed by atoms with Gasteiger partial charge < -0.3 is 4.74 Å². The van der Waals surface area contributed by atoms with E-state index in [-0.39, 0.29) is 5.56 Å². The number of aromatic amines is 1. The van der Waals surface area contributed by atoms with Crippen LogP contribution in [0.2, 0.25) is 0 Å². The van der Waals surface area contributed by atoms with Crippen molar-refractivity contribution in [3.8, 4) is 11.5 Å². The monoisotopic (exact) mass is 403 g/mol. The topological polar surface area (TPSA) is 58.2 Å². The molecule has 1 N–H and O–H groups in total. The summed E-state index contributed by atoms with van der Waals surface area (Å²) < 4.78 is 6.25. The Balaban J connectivity index is 1.51. The van der Waals surface area contributed by atoms with Gasteiger partial charge in [-0.1, -0.05) is 18.9 Å². The number of nitrogens with zero attached hydrogens (tertiary/aromatic N) is 2. The molecule has 0 atom stereocenters. The number of nitrogens with one attached hydrogen (secondary N) is 1. The van der Waals surface area contributed by atoms with E-state index in [0.717, 1.165) is 37.7 Å². The first kappa shape index (κ1) is 16.8. The largest absolute Gasteiger partial charge is 0.454 e. The molecule has 1 aromatic heterocycles. The lowest BCUT2D eigenvalue weighted by Crippen LogP contribution is -2.35. The Labute approximate surface area is 155 Å². The smallest absolute Gasteiger partial charge is 0.282 e. The molecule has 0 radical (unpaired) electrons. The summed E-state index contributed by atoms with van der Waals surface area (Å²) in [5.74, 6) is 1.19. The van der Waals surface area contributed by atoms with E-state index in [1.165, 1.54) is 43.0 Å². The van der Waals surface area contributed by atoms with Crippen LogP contribution in [-0.2, 0) is 12.8 Å². The Hall–Kier alpha value is -1.66. The second-order valence-corrected chi connectivity index (χ2v) is 7.68. The molecule has 0 saturated heterocycles. The average Bonchev–Trinajstić information content (AvgIpc) is 3.07. The molecule has 2 aromatic rings. The Morgan fingerprint density at radius 2 is 1.92 bits per heavy atom. The Bertz CT molecular complexity index is 815. The second-order valence-electron chi connectivity index (χ2n) is 6.88. The van der Waals surface area contributed by atoms with E-state index in [1.807, 2.05) is 6.07 Å². The van der Waals surface area contributed by atoms with Crippen LogP contribution in [0, 0.1) is 0 Å². The molecule has 6 heteroatoms. The zero-order chi connectivity index (χ0) is 17.2. The van der Waals surface area contributed by atoms with Gasteiger partial charge in [-0.15, -0.1) is 0 Å². The van der Waals surface area contributed by atoms with Crippen LogP contribution in [0.3, 0.4) is 0 Å². The lowest BCUT2D eigenvalue weighted by Gasteiger charge is -2.26. The van der Waals surface area contributed by atoms with Gasteiger partial charge in [0.25, 0.3) is 5.56 Å². The zero-order valence-electron chi connectivity index (χ0n) is 14.1. The van der Waals surface area contributed by atoms with Crippen LogP contribution in [0.4, 0.5) is 0 Å². The summed E-state index contributed by atoms with van der Waals surface area (Å²) in [6, 6.07) is 7.04. The van der Waals surface area contributed by atoms with Gasteiger partial charge in [0.2, 0.25) is 0 Å². The van der Waals surface area contributed by atoms with E-state index in [0.29, 0.717) is 10.2 Å². The van der Waals surface area contributed by atoms with E-state index >= 15 is 0 Å². The van der Waals surface area contributed by atoms with Crippen molar-refractivity contribution in [3.05, 3.63) is 50.3 Å². The van der Waals surface area contributed by atoms with Crippen LogP contribution in [0.15, 0.2) is 33.7 Å². The van der Waals surface area contributed by atoms with Crippen molar-refractivity contribution in [3.63, 3.8) is 0 Å². The molecule has 2 aliphatic rings. The standard InChI is InChI=1S/C19H22BrN3O2/c20-18-17(12-21-22-19(18)24)25-16-6-5-13-7-9-23(10-8-14(13)11-16)15-3-1-2-4-15/h5-6,11-12,15H,1-4,7-10H2,(H,22,24). The number of H-pyrrole nitrogens is 1. The van der Waals surface area contributed by atoms with Gasteiger partial charge in [-0.2, -0.15) is 5.10 Å². The van der Waals surface area contributed by atoms with Crippen molar-refractivity contribution >= 4 is 15.9 Å². The lowest BCUT2D eigenvalue weighted by atomic mass is 10.0. The average molecular weight is 404 g/mol. The summed E-state index contributed by atoms with van der Waals surface area (Å²) in [5.41, 5.74) is 2.47. The Kier molecular flexibility index (Phi) is 4.90. The fourth-order valence-corrected chi connectivity index (χ4v) is 4.25. The van der Waals surface area contributed by atoms with Crippen molar-refractivity contribution in [2.75, 3.05) is 13.1 Å². The van der Waals surface area contributed by atoms with Crippen LogP contribution >= 0.6 is 15.9 Å². The van der Waals surface area contributed by atoms with Crippen molar-refractivity contribution in [2.24, 2.45) is 0 Å². The molecule has 1 saturated carbocycles. The fraction of sp³-hybridized carbons (Fsp3) is 0.474. The Morgan fingerprint density at radius 3 is 2.72 bits per heavy atom. The third kappa shape index (κ3) is 3.65. The van der Waals surface area contributed by atoms with Crippen molar-refractivity contribution in [1.29, 1.82) is 0 Å². The van der Waals surface area contributed by atoms with E-state index in [2.05, 4.69) is 43.2 Å². The quantitative estimate of drug-likeness (QED) is 0.848. The fourth-order valence-electron chi connectivity index (χ4n) is 3.98. The molecular formula is C19H22BrN3O2. The first-order chi connectivity index (χ1) is 12.2. The SMILES string of the molecule is O=c1[nH]ncc(Oc2ccc3c(c2)CCN(C2CCCC2)CC3)c1Br. The van der Waals surface area contributed by atoms with Gasteiger partial charge in [-0.05, 0) is 64.9 Å². The maximum atomic E-state index is 11.6. The van der Waals surface area contributed by atoms with Crippen LogP contribution < -0.4 is 10.3 Å². The maximum absolute atomic E-state index is 11.6. The molecule has 1 fully saturated rings. The molecule has 0 spiro atoms. The minimum Gasteiger partial charge on any atom is -0.454 e. The normalized spacial score (nSPS) is 18.8. The van der Waals surface area contributed by atoms with Crippen molar-refractivity contribution in [2.45, 2.75) is 44.6 Å². The molecule has 1 aromatic carbocycles. The molecule has 0 unspecified atom stereocenters. The van der Waals surface area contributed by atoms with Gasteiger partial charge >= 0.3 is 0 Å². The number of halogens is 1. The highest BCUT2D eigenvalue weighted by Crippen LogP contribution is 2.30. The lowest BCUT2D eigenvalue weighted by molar-refractivity contribution is 0.208. The molecule has 1 aliphatic heterocycles. The summed E-state index contributed by atoms with van der Waals surface area (Å²) in [6.07, 6.45) is 9.14. The van der Waals surface area contributed by atoms with E-state index in [4.69, 9.17) is 4.74 Å². The molecule has 1 aliphatic carbocycles. The maximum Gasteiger partial charge on any atom is 0.282 e. The first-order valence-electron chi connectivity index (χ1n) is 8.97. The van der Waals surface area contributed by atoms with E-state index in [1.54, 1.807) is 0 Å². The van der Waals surface area contributed by atoms with Gasteiger partial charge in [-0.3, -0.25) is 9.69 Å². The second kappa shape index (κ2) is 7.30. The highest BCUT2D eigenvalue weighted by atomic mass is 79.9. The van der Waals surface area contributed by atoms with E-state index in [9.17, 15) is 4.79 Å². The van der Waals surface area contributed by atoms with E-state index < -0.39 is 0 Å². The summed E-state index contributed by atoms with van der Waals surface area (Å²) >= 11 is 3.26. The molecule has 0 amide bonds. The predicted octanol–water partition coefficient (Wildman–Crippen LogP) is 3.67. The number of ether oxygens (including phenoxy) is 1. The molecule has 2 heterocycles. The minimum atomic E-state index is -0.292. The highest BCUT2D eigenvalue weighted by Gasteiger charge is 2.24. The van der Waals surface area contributed by atoms with Gasteiger partial charge in [-0.25, -0.2) is 5.10 Å². The Morgan fingerprint density at radius 1 is 1.16 bits per heavy atom.